The van der Waals surface area contributed by atoms with Crippen molar-refractivity contribution in [1.29, 1.82) is 0 Å². The van der Waals surface area contributed by atoms with E-state index in [4.69, 9.17) is 11.6 Å². The van der Waals surface area contributed by atoms with Crippen LogP contribution in [-0.4, -0.2) is 53.1 Å². The number of carboxylic acids is 1. The van der Waals surface area contributed by atoms with Crippen molar-refractivity contribution in [3.05, 3.63) is 28.8 Å². The SMILES string of the molecule is O=C(O)[C@@H]1C[C@@H]2CCCC[C@@H]2N1C(=O)c1cc(N2CCNC2=O)ccc1Cl. The van der Waals surface area contributed by atoms with Crippen LogP contribution in [0.1, 0.15) is 42.5 Å². The minimum absolute atomic E-state index is 0.0536. The zero-order valence-corrected chi connectivity index (χ0v) is 15.6. The number of carbonyl (C=O) groups excluding carboxylic acids is 2. The number of rotatable bonds is 3. The minimum atomic E-state index is -0.969. The van der Waals surface area contributed by atoms with Crippen LogP contribution in [0.15, 0.2) is 18.2 Å². The molecular formula is C19H22ClN3O4. The summed E-state index contributed by atoms with van der Waals surface area (Å²) in [5, 5.41) is 12.7. The molecule has 3 atom stereocenters. The molecule has 144 valence electrons. The van der Waals surface area contributed by atoms with Crippen LogP contribution >= 0.6 is 11.6 Å². The lowest BCUT2D eigenvalue weighted by Gasteiger charge is -2.33. The zero-order valence-electron chi connectivity index (χ0n) is 14.9. The molecule has 1 aliphatic carbocycles. The smallest absolute Gasteiger partial charge is 0.326 e. The van der Waals surface area contributed by atoms with Crippen LogP contribution in [0.25, 0.3) is 0 Å². The van der Waals surface area contributed by atoms with Crippen molar-refractivity contribution in [2.45, 2.75) is 44.2 Å². The predicted molar refractivity (Wildman–Crippen MR) is 100 cm³/mol. The van der Waals surface area contributed by atoms with Crippen LogP contribution in [0, 0.1) is 5.92 Å². The number of amides is 3. The molecule has 0 radical (unpaired) electrons. The molecule has 3 amide bonds. The molecule has 2 saturated heterocycles. The summed E-state index contributed by atoms with van der Waals surface area (Å²) in [4.78, 5) is 40.2. The Morgan fingerprint density at radius 2 is 2.00 bits per heavy atom. The topological polar surface area (TPSA) is 89.9 Å². The first-order valence-electron chi connectivity index (χ1n) is 9.37. The van der Waals surface area contributed by atoms with Gasteiger partial charge in [-0.1, -0.05) is 24.4 Å². The number of urea groups is 1. The van der Waals surface area contributed by atoms with E-state index in [1.807, 2.05) is 0 Å². The highest BCUT2D eigenvalue weighted by atomic mass is 35.5. The maximum atomic E-state index is 13.3. The quantitative estimate of drug-likeness (QED) is 0.828. The Labute approximate surface area is 162 Å². The monoisotopic (exact) mass is 391 g/mol. The van der Waals surface area contributed by atoms with Gasteiger partial charge in [0.1, 0.15) is 6.04 Å². The fourth-order valence-corrected chi connectivity index (χ4v) is 4.87. The normalized spacial score (nSPS) is 27.4. The van der Waals surface area contributed by atoms with Gasteiger partial charge < -0.3 is 15.3 Å². The number of carbonyl (C=O) groups is 3. The van der Waals surface area contributed by atoms with Gasteiger partial charge in [-0.25, -0.2) is 9.59 Å². The summed E-state index contributed by atoms with van der Waals surface area (Å²) in [5.74, 6) is -1.10. The number of aliphatic carboxylic acids is 1. The maximum Gasteiger partial charge on any atom is 0.326 e. The van der Waals surface area contributed by atoms with Gasteiger partial charge in [-0.2, -0.15) is 0 Å². The molecule has 3 fully saturated rings. The Morgan fingerprint density at radius 3 is 2.70 bits per heavy atom. The molecule has 0 spiro atoms. The molecule has 3 aliphatic rings. The van der Waals surface area contributed by atoms with Gasteiger partial charge in [0.05, 0.1) is 10.6 Å². The first-order chi connectivity index (χ1) is 13.0. The van der Waals surface area contributed by atoms with E-state index in [1.165, 1.54) is 4.90 Å². The van der Waals surface area contributed by atoms with Gasteiger partial charge in [0, 0.05) is 24.8 Å². The van der Waals surface area contributed by atoms with Crippen LogP contribution in [0.2, 0.25) is 5.02 Å². The first-order valence-corrected chi connectivity index (χ1v) is 9.75. The summed E-state index contributed by atoms with van der Waals surface area (Å²) in [6.45, 7) is 1.06. The van der Waals surface area contributed by atoms with E-state index in [2.05, 4.69) is 5.32 Å². The van der Waals surface area contributed by atoms with Gasteiger partial charge in [-0.3, -0.25) is 9.69 Å². The fourth-order valence-electron chi connectivity index (χ4n) is 4.67. The molecule has 27 heavy (non-hydrogen) atoms. The molecule has 2 heterocycles. The summed E-state index contributed by atoms with van der Waals surface area (Å²) in [6.07, 6.45) is 4.36. The molecule has 1 saturated carbocycles. The molecular weight excluding hydrogens is 370 g/mol. The van der Waals surface area contributed by atoms with Crippen LogP contribution in [0.4, 0.5) is 10.5 Å². The largest absolute Gasteiger partial charge is 0.480 e. The molecule has 8 heteroatoms. The average molecular weight is 392 g/mol. The number of likely N-dealkylation sites (tertiary alicyclic amines) is 1. The minimum Gasteiger partial charge on any atom is -0.480 e. The third-order valence-corrected chi connectivity index (χ3v) is 6.29. The van der Waals surface area contributed by atoms with Crippen LogP contribution in [0.3, 0.4) is 0 Å². The van der Waals surface area contributed by atoms with E-state index < -0.39 is 12.0 Å². The van der Waals surface area contributed by atoms with Crippen molar-refractivity contribution in [3.63, 3.8) is 0 Å². The summed E-state index contributed by atoms with van der Waals surface area (Å²) in [5.41, 5.74) is 0.843. The second-order valence-electron chi connectivity index (χ2n) is 7.46. The number of hydrogen-bond donors (Lipinski definition) is 2. The fraction of sp³-hybridized carbons (Fsp3) is 0.526. The number of nitrogens with zero attached hydrogens (tertiary/aromatic N) is 2. The number of halogens is 1. The Balaban J connectivity index is 1.68. The molecule has 1 aromatic carbocycles. The predicted octanol–water partition coefficient (Wildman–Crippen LogP) is 2.73. The van der Waals surface area contributed by atoms with Gasteiger partial charge in [-0.05, 0) is 43.4 Å². The molecule has 0 unspecified atom stereocenters. The Morgan fingerprint density at radius 1 is 1.22 bits per heavy atom. The highest BCUT2D eigenvalue weighted by Gasteiger charge is 2.48. The van der Waals surface area contributed by atoms with Crippen molar-refractivity contribution < 1.29 is 19.5 Å². The van der Waals surface area contributed by atoms with E-state index in [9.17, 15) is 19.5 Å². The number of anilines is 1. The van der Waals surface area contributed by atoms with Crippen molar-refractivity contribution in [1.82, 2.24) is 10.2 Å². The van der Waals surface area contributed by atoms with Gasteiger partial charge in [0.2, 0.25) is 0 Å². The van der Waals surface area contributed by atoms with E-state index >= 15 is 0 Å². The van der Waals surface area contributed by atoms with Gasteiger partial charge >= 0.3 is 12.0 Å². The number of carboxylic acid groups (broad SMARTS) is 1. The van der Waals surface area contributed by atoms with Crippen molar-refractivity contribution in [3.8, 4) is 0 Å². The highest BCUT2D eigenvalue weighted by Crippen LogP contribution is 2.41. The Hall–Kier alpha value is -2.28. The van der Waals surface area contributed by atoms with Crippen LogP contribution < -0.4 is 10.2 Å². The summed E-state index contributed by atoms with van der Waals surface area (Å²) < 4.78 is 0. The summed E-state index contributed by atoms with van der Waals surface area (Å²) >= 11 is 6.30. The van der Waals surface area contributed by atoms with Gasteiger partial charge in [0.15, 0.2) is 0 Å². The summed E-state index contributed by atoms with van der Waals surface area (Å²) in [7, 11) is 0. The average Bonchev–Trinajstić information content (AvgIpc) is 3.25. The zero-order chi connectivity index (χ0) is 19.1. The molecule has 2 aliphatic heterocycles. The maximum absolute atomic E-state index is 13.3. The third kappa shape index (κ3) is 3.14. The van der Waals surface area contributed by atoms with Gasteiger partial charge in [-0.15, -0.1) is 0 Å². The summed E-state index contributed by atoms with van der Waals surface area (Å²) in [6, 6.07) is 3.81. The highest BCUT2D eigenvalue weighted by molar-refractivity contribution is 6.34. The first kappa shape index (κ1) is 18.1. The van der Waals surface area contributed by atoms with Crippen LogP contribution in [-0.2, 0) is 4.79 Å². The molecule has 1 aromatic rings. The number of hydrogen-bond acceptors (Lipinski definition) is 3. The molecule has 7 nitrogen and oxygen atoms in total. The van der Waals surface area contributed by atoms with E-state index in [0.717, 1.165) is 25.7 Å². The lowest BCUT2D eigenvalue weighted by molar-refractivity contribution is -0.141. The molecule has 2 N–H and O–H groups in total. The Kier molecular flexibility index (Phi) is 4.72. The number of benzene rings is 1. The standard InChI is InChI=1S/C19H22ClN3O4/c20-14-6-5-12(22-8-7-21-19(22)27)10-13(14)17(24)23-15-4-2-1-3-11(15)9-16(23)18(25)26/h5-6,10-11,15-16H,1-4,7-9H2,(H,21,27)(H,25,26)/t11-,15-,16-/m0/s1. The number of nitrogens with one attached hydrogen (secondary N) is 1. The molecule has 0 bridgehead atoms. The lowest BCUT2D eigenvalue weighted by Crippen LogP contribution is -2.46. The van der Waals surface area contributed by atoms with E-state index in [-0.39, 0.29) is 34.5 Å². The van der Waals surface area contributed by atoms with Crippen molar-refractivity contribution >= 4 is 35.2 Å². The lowest BCUT2D eigenvalue weighted by atomic mass is 9.84. The second-order valence-corrected chi connectivity index (χ2v) is 7.87. The van der Waals surface area contributed by atoms with Crippen LogP contribution in [0.5, 0.6) is 0 Å². The second kappa shape index (κ2) is 7.03. The van der Waals surface area contributed by atoms with E-state index in [0.29, 0.717) is 25.2 Å². The van der Waals surface area contributed by atoms with E-state index in [1.54, 1.807) is 23.1 Å². The third-order valence-electron chi connectivity index (χ3n) is 5.96. The van der Waals surface area contributed by atoms with Crippen molar-refractivity contribution in [2.75, 3.05) is 18.0 Å². The Bertz CT molecular complexity index is 799. The molecule has 0 aromatic heterocycles. The van der Waals surface area contributed by atoms with Crippen molar-refractivity contribution in [2.24, 2.45) is 5.92 Å². The number of fused-ring (bicyclic) bond motifs is 1. The molecule has 4 rings (SSSR count). The van der Waals surface area contributed by atoms with Gasteiger partial charge in [0.25, 0.3) is 5.91 Å².